The van der Waals surface area contributed by atoms with Gasteiger partial charge in [0.15, 0.2) is 0 Å². The number of rotatable bonds is 5. The number of aromatic nitrogens is 1. The van der Waals surface area contributed by atoms with Gasteiger partial charge < -0.3 is 15.0 Å². The lowest BCUT2D eigenvalue weighted by molar-refractivity contribution is 0.220. The van der Waals surface area contributed by atoms with Crippen molar-refractivity contribution >= 4 is 23.1 Å². The van der Waals surface area contributed by atoms with Gasteiger partial charge in [-0.15, -0.1) is 11.3 Å². The zero-order valence-electron chi connectivity index (χ0n) is 13.3. The SMILES string of the molecule is Cc1cc(OC(C)C)ccc1NC(=O)N(C)Cc1nccs1. The van der Waals surface area contributed by atoms with Crippen LogP contribution in [0.1, 0.15) is 24.4 Å². The number of carbonyl (C=O) groups is 1. The maximum absolute atomic E-state index is 12.2. The average Bonchev–Trinajstić information content (AvgIpc) is 2.94. The van der Waals surface area contributed by atoms with Crippen molar-refractivity contribution in [3.8, 4) is 5.75 Å². The molecular formula is C16H21N3O2S. The van der Waals surface area contributed by atoms with Crippen LogP contribution in [0.25, 0.3) is 0 Å². The van der Waals surface area contributed by atoms with E-state index in [0.29, 0.717) is 6.54 Å². The van der Waals surface area contributed by atoms with E-state index in [1.807, 2.05) is 44.4 Å². The van der Waals surface area contributed by atoms with E-state index in [1.165, 1.54) is 11.3 Å². The highest BCUT2D eigenvalue weighted by atomic mass is 32.1. The van der Waals surface area contributed by atoms with Gasteiger partial charge in [-0.2, -0.15) is 0 Å². The minimum atomic E-state index is -0.157. The van der Waals surface area contributed by atoms with Gasteiger partial charge in [0.25, 0.3) is 0 Å². The summed E-state index contributed by atoms with van der Waals surface area (Å²) in [6.07, 6.45) is 1.87. The van der Waals surface area contributed by atoms with Crippen LogP contribution in [0.4, 0.5) is 10.5 Å². The van der Waals surface area contributed by atoms with Gasteiger partial charge >= 0.3 is 6.03 Å². The highest BCUT2D eigenvalue weighted by Gasteiger charge is 2.12. The summed E-state index contributed by atoms with van der Waals surface area (Å²) in [6.45, 7) is 6.41. The van der Waals surface area contributed by atoms with Crippen molar-refractivity contribution in [1.82, 2.24) is 9.88 Å². The average molecular weight is 319 g/mol. The number of amides is 2. The Balaban J connectivity index is 1.98. The van der Waals surface area contributed by atoms with Gasteiger partial charge in [0.2, 0.25) is 0 Å². The van der Waals surface area contributed by atoms with E-state index in [9.17, 15) is 4.79 Å². The molecule has 0 spiro atoms. The van der Waals surface area contributed by atoms with Crippen molar-refractivity contribution in [3.05, 3.63) is 40.3 Å². The fourth-order valence-electron chi connectivity index (χ4n) is 1.94. The van der Waals surface area contributed by atoms with Crippen molar-refractivity contribution in [2.75, 3.05) is 12.4 Å². The Morgan fingerprint density at radius 3 is 2.82 bits per heavy atom. The van der Waals surface area contributed by atoms with Crippen LogP contribution in [-0.2, 0) is 6.54 Å². The number of benzene rings is 1. The molecule has 0 saturated carbocycles. The summed E-state index contributed by atoms with van der Waals surface area (Å²) in [7, 11) is 1.75. The molecule has 0 radical (unpaired) electrons. The number of hydrogen-bond acceptors (Lipinski definition) is 4. The molecule has 6 heteroatoms. The van der Waals surface area contributed by atoms with Crippen molar-refractivity contribution < 1.29 is 9.53 Å². The first-order valence-corrected chi connectivity index (χ1v) is 8.01. The Morgan fingerprint density at radius 1 is 1.45 bits per heavy atom. The summed E-state index contributed by atoms with van der Waals surface area (Å²) in [6, 6.07) is 5.50. The molecule has 0 aliphatic rings. The number of urea groups is 1. The lowest BCUT2D eigenvalue weighted by atomic mass is 10.2. The number of nitrogens with one attached hydrogen (secondary N) is 1. The van der Waals surface area contributed by atoms with Crippen LogP contribution in [-0.4, -0.2) is 29.1 Å². The Kier molecular flexibility index (Phi) is 5.38. The summed E-state index contributed by atoms with van der Waals surface area (Å²) in [4.78, 5) is 18.0. The molecule has 0 fully saturated rings. The standard InChI is InChI=1S/C16H21N3O2S/c1-11(2)21-13-5-6-14(12(3)9-13)18-16(20)19(4)10-15-17-7-8-22-15/h5-9,11H,10H2,1-4H3,(H,18,20). The minimum Gasteiger partial charge on any atom is -0.491 e. The van der Waals surface area contributed by atoms with Crippen LogP contribution in [0.5, 0.6) is 5.75 Å². The quantitative estimate of drug-likeness (QED) is 0.909. The van der Waals surface area contributed by atoms with Crippen molar-refractivity contribution in [1.29, 1.82) is 0 Å². The first-order valence-electron chi connectivity index (χ1n) is 7.13. The van der Waals surface area contributed by atoms with Gasteiger partial charge in [-0.25, -0.2) is 9.78 Å². The lowest BCUT2D eigenvalue weighted by Gasteiger charge is -2.18. The van der Waals surface area contributed by atoms with Gasteiger partial charge in [-0.3, -0.25) is 0 Å². The number of thiazole rings is 1. The Labute approximate surface area is 134 Å². The van der Waals surface area contributed by atoms with Crippen LogP contribution in [0.2, 0.25) is 0 Å². The van der Waals surface area contributed by atoms with Gasteiger partial charge in [0.1, 0.15) is 10.8 Å². The van der Waals surface area contributed by atoms with Crippen molar-refractivity contribution in [2.45, 2.75) is 33.4 Å². The second-order valence-electron chi connectivity index (χ2n) is 5.36. The number of nitrogens with zero attached hydrogens (tertiary/aromatic N) is 2. The highest BCUT2D eigenvalue weighted by molar-refractivity contribution is 7.09. The summed E-state index contributed by atoms with van der Waals surface area (Å²) in [5.74, 6) is 0.807. The molecular weight excluding hydrogens is 298 g/mol. The van der Waals surface area contributed by atoms with Crippen LogP contribution >= 0.6 is 11.3 Å². The molecule has 5 nitrogen and oxygen atoms in total. The molecule has 22 heavy (non-hydrogen) atoms. The van der Waals surface area contributed by atoms with Gasteiger partial charge in [-0.05, 0) is 44.5 Å². The molecule has 0 aliphatic carbocycles. The monoisotopic (exact) mass is 319 g/mol. The molecule has 1 aromatic heterocycles. The lowest BCUT2D eigenvalue weighted by Crippen LogP contribution is -2.31. The fourth-order valence-corrected chi connectivity index (χ4v) is 2.61. The first-order chi connectivity index (χ1) is 10.5. The first kappa shape index (κ1) is 16.3. The molecule has 0 aliphatic heterocycles. The maximum Gasteiger partial charge on any atom is 0.321 e. The molecule has 2 amide bonds. The van der Waals surface area contributed by atoms with E-state index in [4.69, 9.17) is 4.74 Å². The van der Waals surface area contributed by atoms with Gasteiger partial charge in [0.05, 0.1) is 12.6 Å². The van der Waals surface area contributed by atoms with E-state index in [-0.39, 0.29) is 12.1 Å². The third kappa shape index (κ3) is 4.46. The summed E-state index contributed by atoms with van der Waals surface area (Å²) >= 11 is 1.54. The number of aryl methyl sites for hydroxylation is 1. The summed E-state index contributed by atoms with van der Waals surface area (Å²) in [5, 5.41) is 5.72. The number of ether oxygens (including phenoxy) is 1. The number of anilines is 1. The molecule has 118 valence electrons. The fraction of sp³-hybridized carbons (Fsp3) is 0.375. The largest absolute Gasteiger partial charge is 0.491 e. The van der Waals surface area contributed by atoms with Crippen LogP contribution < -0.4 is 10.1 Å². The predicted molar refractivity (Wildman–Crippen MR) is 89.5 cm³/mol. The second kappa shape index (κ2) is 7.26. The van der Waals surface area contributed by atoms with E-state index < -0.39 is 0 Å². The smallest absolute Gasteiger partial charge is 0.321 e. The molecule has 0 unspecified atom stereocenters. The third-order valence-electron chi connectivity index (χ3n) is 3.01. The Hall–Kier alpha value is -2.08. The number of carbonyl (C=O) groups excluding carboxylic acids is 1. The molecule has 0 atom stereocenters. The van der Waals surface area contributed by atoms with Gasteiger partial charge in [-0.1, -0.05) is 0 Å². The van der Waals surface area contributed by atoms with Crippen molar-refractivity contribution in [3.63, 3.8) is 0 Å². The second-order valence-corrected chi connectivity index (χ2v) is 6.33. The Bertz CT molecular complexity index is 626. The van der Waals surface area contributed by atoms with E-state index in [2.05, 4.69) is 10.3 Å². The summed E-state index contributed by atoms with van der Waals surface area (Å²) < 4.78 is 5.64. The number of hydrogen-bond donors (Lipinski definition) is 1. The van der Waals surface area contributed by atoms with Crippen LogP contribution in [0.15, 0.2) is 29.8 Å². The maximum atomic E-state index is 12.2. The topological polar surface area (TPSA) is 54.5 Å². The summed E-state index contributed by atoms with van der Waals surface area (Å²) in [5.41, 5.74) is 1.75. The molecule has 1 heterocycles. The molecule has 1 aromatic carbocycles. The third-order valence-corrected chi connectivity index (χ3v) is 3.78. The minimum absolute atomic E-state index is 0.129. The molecule has 0 bridgehead atoms. The predicted octanol–water partition coefficient (Wildman–Crippen LogP) is 3.90. The zero-order chi connectivity index (χ0) is 16.1. The van der Waals surface area contributed by atoms with Gasteiger partial charge in [0, 0.05) is 24.3 Å². The van der Waals surface area contributed by atoms with Crippen LogP contribution in [0, 0.1) is 6.92 Å². The zero-order valence-corrected chi connectivity index (χ0v) is 14.1. The van der Waals surface area contributed by atoms with E-state index in [0.717, 1.165) is 22.0 Å². The normalized spacial score (nSPS) is 10.6. The highest BCUT2D eigenvalue weighted by Crippen LogP contribution is 2.22. The van der Waals surface area contributed by atoms with E-state index >= 15 is 0 Å². The van der Waals surface area contributed by atoms with Crippen LogP contribution in [0.3, 0.4) is 0 Å². The van der Waals surface area contributed by atoms with E-state index in [1.54, 1.807) is 18.1 Å². The Morgan fingerprint density at radius 2 is 2.23 bits per heavy atom. The molecule has 1 N–H and O–H groups in total. The molecule has 2 aromatic rings. The molecule has 2 rings (SSSR count). The molecule has 0 saturated heterocycles. The van der Waals surface area contributed by atoms with Crippen molar-refractivity contribution in [2.24, 2.45) is 0 Å².